The average Bonchev–Trinajstić information content (AvgIpc) is 2.68. The van der Waals surface area contributed by atoms with Gasteiger partial charge in [0.15, 0.2) is 0 Å². The summed E-state index contributed by atoms with van der Waals surface area (Å²) in [5, 5.41) is 13.9. The van der Waals surface area contributed by atoms with Gasteiger partial charge in [0.05, 0.1) is 11.0 Å². The minimum atomic E-state index is -0.768. The van der Waals surface area contributed by atoms with E-state index in [2.05, 4.69) is 5.32 Å². The standard InChI is InChI=1S/C13H17FN2O3/c1-9-13(2,6-7-19-9)15-8-10-4-3-5-11(12(10)14)16(17)18/h3-5,9,15H,6-8H2,1-2H3. The van der Waals surface area contributed by atoms with E-state index in [4.69, 9.17) is 4.74 Å². The van der Waals surface area contributed by atoms with Crippen LogP contribution in [0.2, 0.25) is 0 Å². The highest BCUT2D eigenvalue weighted by molar-refractivity contribution is 5.36. The van der Waals surface area contributed by atoms with Gasteiger partial charge in [-0.15, -0.1) is 0 Å². The summed E-state index contributed by atoms with van der Waals surface area (Å²) in [5.74, 6) is -0.768. The minimum absolute atomic E-state index is 0.0364. The molecule has 1 aliphatic rings. The van der Waals surface area contributed by atoms with Crippen LogP contribution in [0.3, 0.4) is 0 Å². The lowest BCUT2D eigenvalue weighted by atomic mass is 9.94. The van der Waals surface area contributed by atoms with Crippen molar-refractivity contribution in [1.82, 2.24) is 5.32 Å². The first-order valence-corrected chi connectivity index (χ1v) is 6.22. The first-order valence-electron chi connectivity index (χ1n) is 6.22. The van der Waals surface area contributed by atoms with Crippen LogP contribution in [-0.4, -0.2) is 23.2 Å². The lowest BCUT2D eigenvalue weighted by molar-refractivity contribution is -0.387. The second kappa shape index (κ2) is 5.22. The van der Waals surface area contributed by atoms with Crippen LogP contribution >= 0.6 is 0 Å². The Labute approximate surface area is 110 Å². The summed E-state index contributed by atoms with van der Waals surface area (Å²) in [4.78, 5) is 9.97. The number of benzene rings is 1. The van der Waals surface area contributed by atoms with E-state index in [1.165, 1.54) is 12.1 Å². The minimum Gasteiger partial charge on any atom is -0.377 e. The van der Waals surface area contributed by atoms with Gasteiger partial charge in [0.2, 0.25) is 5.82 Å². The zero-order chi connectivity index (χ0) is 14.0. The number of nitro benzene ring substituents is 1. The van der Waals surface area contributed by atoms with E-state index < -0.39 is 16.4 Å². The van der Waals surface area contributed by atoms with Gasteiger partial charge < -0.3 is 10.1 Å². The van der Waals surface area contributed by atoms with E-state index in [1.807, 2.05) is 13.8 Å². The Bertz CT molecular complexity index is 495. The summed E-state index contributed by atoms with van der Waals surface area (Å²) < 4.78 is 19.4. The van der Waals surface area contributed by atoms with Gasteiger partial charge in [-0.1, -0.05) is 12.1 Å². The van der Waals surface area contributed by atoms with Crippen molar-refractivity contribution in [2.45, 2.75) is 38.5 Å². The Morgan fingerprint density at radius 3 is 2.95 bits per heavy atom. The highest BCUT2D eigenvalue weighted by atomic mass is 19.1. The van der Waals surface area contributed by atoms with Gasteiger partial charge in [-0.05, 0) is 20.3 Å². The molecule has 0 saturated carbocycles. The van der Waals surface area contributed by atoms with Crippen LogP contribution in [0.25, 0.3) is 0 Å². The van der Waals surface area contributed by atoms with Gasteiger partial charge in [0.25, 0.3) is 0 Å². The van der Waals surface area contributed by atoms with Crippen LogP contribution in [-0.2, 0) is 11.3 Å². The predicted octanol–water partition coefficient (Wildman–Crippen LogP) is 2.39. The molecule has 0 bridgehead atoms. The molecule has 0 amide bonds. The third-order valence-electron chi connectivity index (χ3n) is 3.82. The molecule has 1 heterocycles. The third-order valence-corrected chi connectivity index (χ3v) is 3.82. The molecule has 0 radical (unpaired) electrons. The molecule has 1 fully saturated rings. The number of halogens is 1. The highest BCUT2D eigenvalue weighted by Gasteiger charge is 2.36. The maximum absolute atomic E-state index is 13.9. The van der Waals surface area contributed by atoms with Crippen molar-refractivity contribution in [2.75, 3.05) is 6.61 Å². The average molecular weight is 268 g/mol. The van der Waals surface area contributed by atoms with Gasteiger partial charge in [-0.2, -0.15) is 4.39 Å². The number of nitrogens with one attached hydrogen (secondary N) is 1. The molecule has 2 rings (SSSR count). The monoisotopic (exact) mass is 268 g/mol. The molecule has 0 aliphatic carbocycles. The normalized spacial score (nSPS) is 26.6. The first-order chi connectivity index (χ1) is 8.94. The smallest absolute Gasteiger partial charge is 0.305 e. The number of hydrogen-bond donors (Lipinski definition) is 1. The summed E-state index contributed by atoms with van der Waals surface area (Å²) in [5.41, 5.74) is -0.411. The Kier molecular flexibility index (Phi) is 3.82. The van der Waals surface area contributed by atoms with Crippen molar-refractivity contribution < 1.29 is 14.1 Å². The summed E-state index contributed by atoms with van der Waals surface area (Å²) in [6.07, 6.45) is 0.874. The molecule has 1 aromatic carbocycles. The second-order valence-corrected chi connectivity index (χ2v) is 5.04. The maximum atomic E-state index is 13.9. The highest BCUT2D eigenvalue weighted by Crippen LogP contribution is 2.26. The molecule has 19 heavy (non-hydrogen) atoms. The van der Waals surface area contributed by atoms with E-state index in [0.717, 1.165) is 6.42 Å². The molecule has 2 unspecified atom stereocenters. The van der Waals surface area contributed by atoms with E-state index in [9.17, 15) is 14.5 Å². The molecule has 0 aromatic heterocycles. The number of rotatable bonds is 4. The van der Waals surface area contributed by atoms with Gasteiger partial charge in [0, 0.05) is 30.3 Å². The van der Waals surface area contributed by atoms with Crippen molar-refractivity contribution in [3.63, 3.8) is 0 Å². The number of nitro groups is 1. The van der Waals surface area contributed by atoms with Crippen LogP contribution in [0, 0.1) is 15.9 Å². The van der Waals surface area contributed by atoms with E-state index >= 15 is 0 Å². The van der Waals surface area contributed by atoms with Crippen LogP contribution in [0.1, 0.15) is 25.8 Å². The number of hydrogen-bond acceptors (Lipinski definition) is 4. The van der Waals surface area contributed by atoms with Crippen molar-refractivity contribution in [3.05, 3.63) is 39.7 Å². The second-order valence-electron chi connectivity index (χ2n) is 5.04. The molecule has 1 aromatic rings. The molecule has 104 valence electrons. The fourth-order valence-electron chi connectivity index (χ4n) is 2.21. The fraction of sp³-hybridized carbons (Fsp3) is 0.538. The van der Waals surface area contributed by atoms with Gasteiger partial charge in [-0.3, -0.25) is 10.1 Å². The maximum Gasteiger partial charge on any atom is 0.305 e. The van der Waals surface area contributed by atoms with Gasteiger partial charge in [-0.25, -0.2) is 0 Å². The van der Waals surface area contributed by atoms with Crippen LogP contribution < -0.4 is 5.32 Å². The van der Waals surface area contributed by atoms with Crippen molar-refractivity contribution in [3.8, 4) is 0 Å². The number of ether oxygens (including phenoxy) is 1. The molecule has 0 spiro atoms. The summed E-state index contributed by atoms with van der Waals surface area (Å²) in [7, 11) is 0. The lowest BCUT2D eigenvalue weighted by Gasteiger charge is -2.29. The quantitative estimate of drug-likeness (QED) is 0.672. The van der Waals surface area contributed by atoms with Crippen molar-refractivity contribution in [2.24, 2.45) is 0 Å². The van der Waals surface area contributed by atoms with Crippen LogP contribution in [0.5, 0.6) is 0 Å². The van der Waals surface area contributed by atoms with E-state index in [1.54, 1.807) is 6.07 Å². The molecule has 2 atom stereocenters. The lowest BCUT2D eigenvalue weighted by Crippen LogP contribution is -2.47. The molecule has 1 saturated heterocycles. The SMILES string of the molecule is CC1OCCC1(C)NCc1cccc([N+](=O)[O-])c1F. The summed E-state index contributed by atoms with van der Waals surface area (Å²) >= 11 is 0. The zero-order valence-corrected chi connectivity index (χ0v) is 11.0. The van der Waals surface area contributed by atoms with Crippen LogP contribution in [0.4, 0.5) is 10.1 Å². The molecule has 1 N–H and O–H groups in total. The topological polar surface area (TPSA) is 64.4 Å². The summed E-state index contributed by atoms with van der Waals surface area (Å²) in [6.45, 7) is 4.89. The zero-order valence-electron chi connectivity index (χ0n) is 11.0. The predicted molar refractivity (Wildman–Crippen MR) is 68.3 cm³/mol. The molecule has 6 heteroatoms. The first kappa shape index (κ1) is 13.9. The largest absolute Gasteiger partial charge is 0.377 e. The Morgan fingerprint density at radius 2 is 2.37 bits per heavy atom. The summed E-state index contributed by atoms with van der Waals surface area (Å²) in [6, 6.07) is 4.22. The fourth-order valence-corrected chi connectivity index (χ4v) is 2.21. The third kappa shape index (κ3) is 2.74. The molecular formula is C13H17FN2O3. The molecule has 5 nitrogen and oxygen atoms in total. The van der Waals surface area contributed by atoms with Gasteiger partial charge in [0.1, 0.15) is 0 Å². The number of nitrogens with zero attached hydrogens (tertiary/aromatic N) is 1. The van der Waals surface area contributed by atoms with E-state index in [-0.39, 0.29) is 18.2 Å². The molecular weight excluding hydrogens is 251 g/mol. The Morgan fingerprint density at radius 1 is 1.63 bits per heavy atom. The van der Waals surface area contributed by atoms with Crippen molar-refractivity contribution >= 4 is 5.69 Å². The Balaban J connectivity index is 2.12. The van der Waals surface area contributed by atoms with Crippen LogP contribution in [0.15, 0.2) is 18.2 Å². The van der Waals surface area contributed by atoms with Gasteiger partial charge >= 0.3 is 5.69 Å². The van der Waals surface area contributed by atoms with Crippen molar-refractivity contribution in [1.29, 1.82) is 0 Å². The van der Waals surface area contributed by atoms with E-state index in [0.29, 0.717) is 12.2 Å². The molecule has 1 aliphatic heterocycles. The Hall–Kier alpha value is -1.53.